The second kappa shape index (κ2) is 18.3. The van der Waals surface area contributed by atoms with Crippen LogP contribution < -0.4 is 0 Å². The first-order valence-corrected chi connectivity index (χ1v) is 30.2. The average Bonchev–Trinajstić information content (AvgIpc) is 1.51. The van der Waals surface area contributed by atoms with Crippen molar-refractivity contribution in [1.29, 1.82) is 0 Å². The van der Waals surface area contributed by atoms with Gasteiger partial charge in [0.15, 0.2) is 0 Å². The molecule has 0 spiro atoms. The Labute approximate surface area is 494 Å². The molecule has 2 heteroatoms. The van der Waals surface area contributed by atoms with E-state index < -0.39 is 0 Å². The minimum atomic E-state index is -0.0735. The lowest BCUT2D eigenvalue weighted by atomic mass is 9.79. The first-order chi connectivity index (χ1) is 40.2. The molecule has 0 saturated carbocycles. The van der Waals surface area contributed by atoms with Crippen molar-refractivity contribution in [3.63, 3.8) is 0 Å². The molecular formula is C82H72N2. The summed E-state index contributed by atoms with van der Waals surface area (Å²) in [7, 11) is 0. The Bertz CT molecular complexity index is 4650. The average molecular weight is 1090 g/mol. The highest BCUT2D eigenvalue weighted by atomic mass is 14.9. The second-order valence-corrected chi connectivity index (χ2v) is 28.2. The number of benzene rings is 11. The van der Waals surface area contributed by atoms with E-state index in [9.17, 15) is 0 Å². The van der Waals surface area contributed by atoms with Crippen LogP contribution in [0.25, 0.3) is 143 Å². The number of aromatic nitrogens is 2. The quantitative estimate of drug-likeness (QED) is 0.157. The van der Waals surface area contributed by atoms with E-state index in [0.29, 0.717) is 0 Å². The highest BCUT2D eigenvalue weighted by Crippen LogP contribution is 2.55. The summed E-state index contributed by atoms with van der Waals surface area (Å²) in [6.07, 6.45) is 0. The van der Waals surface area contributed by atoms with E-state index in [1.165, 1.54) is 165 Å². The molecule has 0 radical (unpaired) electrons. The zero-order valence-electron chi connectivity index (χ0n) is 50.7. The van der Waals surface area contributed by atoms with Crippen molar-refractivity contribution in [2.75, 3.05) is 0 Å². The molecule has 0 aliphatic heterocycles. The third-order valence-electron chi connectivity index (χ3n) is 18.6. The van der Waals surface area contributed by atoms with Crippen molar-refractivity contribution in [2.45, 2.75) is 105 Å². The summed E-state index contributed by atoms with van der Waals surface area (Å²) in [5.41, 5.74) is 27.4. The fourth-order valence-electron chi connectivity index (χ4n) is 14.1. The molecule has 410 valence electrons. The molecule has 0 N–H and O–H groups in total. The van der Waals surface area contributed by atoms with Gasteiger partial charge in [-0.15, -0.1) is 0 Å². The molecule has 2 nitrogen and oxygen atoms in total. The summed E-state index contributed by atoms with van der Waals surface area (Å²) < 4.78 is 5.31. The largest absolute Gasteiger partial charge is 0.308 e. The highest BCUT2D eigenvalue weighted by molar-refractivity contribution is 6.45. The number of rotatable bonds is 6. The lowest BCUT2D eigenvalue weighted by Crippen LogP contribution is -2.12. The maximum Gasteiger partial charge on any atom is 0.0634 e. The summed E-state index contributed by atoms with van der Waals surface area (Å²) in [6.45, 7) is 28.1. The molecule has 0 unspecified atom stereocenters. The Morgan fingerprint density at radius 2 is 0.512 bits per heavy atom. The monoisotopic (exact) mass is 1080 g/mol. The van der Waals surface area contributed by atoms with Crippen LogP contribution in [0.4, 0.5) is 0 Å². The Morgan fingerprint density at radius 1 is 0.226 bits per heavy atom. The van der Waals surface area contributed by atoms with Crippen LogP contribution in [-0.2, 0) is 21.7 Å². The predicted molar refractivity (Wildman–Crippen MR) is 363 cm³/mol. The van der Waals surface area contributed by atoms with Crippen LogP contribution in [0.15, 0.2) is 218 Å². The van der Waals surface area contributed by atoms with Gasteiger partial charge in [0.25, 0.3) is 0 Å². The van der Waals surface area contributed by atoms with Crippen molar-refractivity contribution in [2.24, 2.45) is 0 Å². The summed E-state index contributed by atoms with van der Waals surface area (Å²) in [5, 5.41) is 10.4. The molecule has 4 heterocycles. The molecule has 0 aliphatic rings. The van der Waals surface area contributed by atoms with Crippen LogP contribution >= 0.6 is 0 Å². The molecule has 4 aromatic heterocycles. The van der Waals surface area contributed by atoms with Crippen LogP contribution in [0.3, 0.4) is 0 Å². The van der Waals surface area contributed by atoms with Crippen molar-refractivity contribution < 1.29 is 0 Å². The second-order valence-electron chi connectivity index (χ2n) is 28.2. The van der Waals surface area contributed by atoms with Gasteiger partial charge in [-0.05, 0) is 171 Å². The summed E-state index contributed by atoms with van der Waals surface area (Å²) in [4.78, 5) is 0. The molecule has 0 fully saturated rings. The van der Waals surface area contributed by atoms with Crippen LogP contribution in [0, 0.1) is 0 Å². The number of hydrogen-bond donors (Lipinski definition) is 0. The topological polar surface area (TPSA) is 8.82 Å². The van der Waals surface area contributed by atoms with E-state index in [2.05, 4.69) is 310 Å². The fraction of sp³-hybridized carbons (Fsp3) is 0.195. The number of hydrogen-bond acceptors (Lipinski definition) is 0. The van der Waals surface area contributed by atoms with Crippen LogP contribution in [0.2, 0.25) is 0 Å². The predicted octanol–water partition coefficient (Wildman–Crippen LogP) is 23.2. The summed E-state index contributed by atoms with van der Waals surface area (Å²) in [6, 6.07) is 83.8. The van der Waals surface area contributed by atoms with Gasteiger partial charge in [0.2, 0.25) is 0 Å². The Kier molecular flexibility index (Phi) is 11.3. The standard InChI is InChI=1S/C82H72N2/c1-79(2,3)55-35-37-59-69(47-55)83-67-39-33-53(71-61(49-25-17-13-18-26-49)43-57(81(7,8)9)44-62(71)50-27-19-14-20-28-50)41-65(67)76-74-60-38-36-56(80(4,5)6)48-70(60)84-68-40-34-54(42-66(68)75(78(74)84)73(59)77(76)83)72-63(51-29-21-15-22-30-51)45-58(82(10,11)12)46-64(72)52-31-23-16-24-32-52/h13-48H,1-12H3. The van der Waals surface area contributed by atoms with Gasteiger partial charge in [-0.3, -0.25) is 0 Å². The lowest BCUT2D eigenvalue weighted by Gasteiger charge is -2.25. The Balaban J connectivity index is 1.13. The van der Waals surface area contributed by atoms with E-state index in [-0.39, 0.29) is 21.7 Å². The van der Waals surface area contributed by atoms with Gasteiger partial charge in [-0.2, -0.15) is 0 Å². The van der Waals surface area contributed by atoms with Gasteiger partial charge < -0.3 is 8.80 Å². The van der Waals surface area contributed by atoms with Crippen molar-refractivity contribution >= 4 is 76.2 Å². The number of fused-ring (bicyclic) bond motifs is 14. The maximum atomic E-state index is 2.66. The van der Waals surface area contributed by atoms with Crippen molar-refractivity contribution in [3.05, 3.63) is 241 Å². The molecule has 84 heavy (non-hydrogen) atoms. The minimum Gasteiger partial charge on any atom is -0.308 e. The molecule has 0 atom stereocenters. The van der Waals surface area contributed by atoms with Crippen molar-refractivity contribution in [3.8, 4) is 66.8 Å². The first kappa shape index (κ1) is 51.9. The van der Waals surface area contributed by atoms with Crippen LogP contribution in [0.1, 0.15) is 105 Å². The zero-order chi connectivity index (χ0) is 57.9. The van der Waals surface area contributed by atoms with Gasteiger partial charge in [-0.25, -0.2) is 0 Å². The van der Waals surface area contributed by atoms with E-state index >= 15 is 0 Å². The van der Waals surface area contributed by atoms with Gasteiger partial charge in [-0.1, -0.05) is 241 Å². The van der Waals surface area contributed by atoms with E-state index in [1.54, 1.807) is 0 Å². The molecule has 0 saturated heterocycles. The van der Waals surface area contributed by atoms with Crippen LogP contribution in [0.5, 0.6) is 0 Å². The normalized spacial score (nSPS) is 13.0. The first-order valence-electron chi connectivity index (χ1n) is 30.2. The third-order valence-corrected chi connectivity index (χ3v) is 18.6. The molecular weight excluding hydrogens is 1010 g/mol. The van der Waals surface area contributed by atoms with Gasteiger partial charge in [0.1, 0.15) is 0 Å². The van der Waals surface area contributed by atoms with Gasteiger partial charge >= 0.3 is 0 Å². The zero-order valence-corrected chi connectivity index (χ0v) is 50.7. The van der Waals surface area contributed by atoms with Crippen LogP contribution in [-0.4, -0.2) is 8.80 Å². The van der Waals surface area contributed by atoms with E-state index in [4.69, 9.17) is 0 Å². The summed E-state index contributed by atoms with van der Waals surface area (Å²) in [5.74, 6) is 0. The molecule has 11 aromatic carbocycles. The van der Waals surface area contributed by atoms with Gasteiger partial charge in [0, 0.05) is 43.1 Å². The molecule has 15 rings (SSSR count). The fourth-order valence-corrected chi connectivity index (χ4v) is 14.1. The molecule has 15 aromatic rings. The molecule has 0 aliphatic carbocycles. The Hall–Kier alpha value is -8.98. The molecule has 0 bridgehead atoms. The van der Waals surface area contributed by atoms with E-state index in [0.717, 1.165) is 0 Å². The highest BCUT2D eigenvalue weighted by Gasteiger charge is 2.32. The summed E-state index contributed by atoms with van der Waals surface area (Å²) >= 11 is 0. The number of nitrogens with zero attached hydrogens (tertiary/aromatic N) is 2. The lowest BCUT2D eigenvalue weighted by molar-refractivity contribution is 0.590. The van der Waals surface area contributed by atoms with Crippen molar-refractivity contribution in [1.82, 2.24) is 8.80 Å². The maximum absolute atomic E-state index is 2.66. The van der Waals surface area contributed by atoms with Gasteiger partial charge in [0.05, 0.1) is 33.1 Å². The smallest absolute Gasteiger partial charge is 0.0634 e. The minimum absolute atomic E-state index is 0.0596. The SMILES string of the molecule is CC(C)(C)c1cc(-c2ccccc2)c(-c2ccc3c(c2)c2c4c5ccc(C(C)(C)C)cc5n5c6ccc(-c7c(-c8ccccc8)cc(C(C)(C)C)cc7-c7ccccc7)cc6c(c6c7ccc(C(C)(C)C)cc7n3c26)c45)c(-c2ccccc2)c1. The van der Waals surface area contributed by atoms with E-state index in [1.807, 2.05) is 0 Å². The Morgan fingerprint density at radius 3 is 0.798 bits per heavy atom. The molecule has 0 amide bonds. The third kappa shape index (κ3) is 7.90.